The summed E-state index contributed by atoms with van der Waals surface area (Å²) >= 11 is 0. The molecule has 0 saturated heterocycles. The van der Waals surface area contributed by atoms with Gasteiger partial charge in [-0.2, -0.15) is 5.10 Å². The molecule has 2 aromatic rings. The lowest BCUT2D eigenvalue weighted by Crippen LogP contribution is -2.07. The van der Waals surface area contributed by atoms with E-state index in [-0.39, 0.29) is 10.6 Å². The Morgan fingerprint density at radius 3 is 2.62 bits per heavy atom. The van der Waals surface area contributed by atoms with Gasteiger partial charge < -0.3 is 5.11 Å². The van der Waals surface area contributed by atoms with Crippen molar-refractivity contribution in [2.24, 2.45) is 0 Å². The predicted molar refractivity (Wildman–Crippen MR) is 79.1 cm³/mol. The van der Waals surface area contributed by atoms with Crippen molar-refractivity contribution in [3.05, 3.63) is 56.9 Å². The Labute approximate surface area is 123 Å². The maximum atomic E-state index is 11.0. The van der Waals surface area contributed by atoms with Crippen LogP contribution in [0.3, 0.4) is 0 Å². The van der Waals surface area contributed by atoms with Crippen LogP contribution in [-0.2, 0) is 13.0 Å². The van der Waals surface area contributed by atoms with E-state index >= 15 is 0 Å². The first kappa shape index (κ1) is 15.2. The summed E-state index contributed by atoms with van der Waals surface area (Å²) in [7, 11) is 0. The van der Waals surface area contributed by atoms with Gasteiger partial charge in [0.05, 0.1) is 16.7 Å². The monoisotopic (exact) mass is 289 g/mol. The van der Waals surface area contributed by atoms with Gasteiger partial charge in [0, 0.05) is 29.4 Å². The molecule has 0 aliphatic heterocycles. The molecule has 112 valence electrons. The van der Waals surface area contributed by atoms with Gasteiger partial charge in [-0.15, -0.1) is 0 Å². The Balaban J connectivity index is 2.22. The van der Waals surface area contributed by atoms with Gasteiger partial charge in [-0.05, 0) is 27.2 Å². The molecule has 0 aliphatic rings. The largest absolute Gasteiger partial charge is 0.389 e. The van der Waals surface area contributed by atoms with Gasteiger partial charge in [-0.1, -0.05) is 18.2 Å². The van der Waals surface area contributed by atoms with E-state index in [1.54, 1.807) is 29.8 Å². The summed E-state index contributed by atoms with van der Waals surface area (Å²) < 4.78 is 1.80. The molecule has 6 heteroatoms. The first-order valence-corrected chi connectivity index (χ1v) is 6.86. The molecule has 1 N–H and O–H groups in total. The summed E-state index contributed by atoms with van der Waals surface area (Å²) in [5, 5.41) is 25.2. The molecule has 1 unspecified atom stereocenters. The van der Waals surface area contributed by atoms with E-state index in [0.717, 1.165) is 17.0 Å². The van der Waals surface area contributed by atoms with Crippen LogP contribution in [0.5, 0.6) is 0 Å². The summed E-state index contributed by atoms with van der Waals surface area (Å²) in [5.74, 6) is 0. The van der Waals surface area contributed by atoms with Crippen LogP contribution in [0.4, 0.5) is 5.69 Å². The second-order valence-corrected chi connectivity index (χ2v) is 5.12. The Bertz CT molecular complexity index is 662. The van der Waals surface area contributed by atoms with Crippen molar-refractivity contribution < 1.29 is 10.0 Å². The van der Waals surface area contributed by atoms with E-state index < -0.39 is 6.10 Å². The molecule has 0 aliphatic carbocycles. The minimum Gasteiger partial charge on any atom is -0.389 e. The second-order valence-electron chi connectivity index (χ2n) is 5.12. The molecule has 6 nitrogen and oxygen atoms in total. The number of hydrogen-bond acceptors (Lipinski definition) is 4. The molecule has 0 amide bonds. The van der Waals surface area contributed by atoms with Gasteiger partial charge in [-0.3, -0.25) is 14.8 Å². The molecule has 0 radical (unpaired) electrons. The molecule has 0 bridgehead atoms. The summed E-state index contributed by atoms with van der Waals surface area (Å²) in [4.78, 5) is 10.6. The summed E-state index contributed by atoms with van der Waals surface area (Å²) in [6.07, 6.45) is -0.0388. The van der Waals surface area contributed by atoms with Crippen molar-refractivity contribution in [1.82, 2.24) is 9.78 Å². The third-order valence-electron chi connectivity index (χ3n) is 3.64. The van der Waals surface area contributed by atoms with Crippen LogP contribution < -0.4 is 0 Å². The van der Waals surface area contributed by atoms with Crippen LogP contribution in [0.1, 0.15) is 35.5 Å². The second kappa shape index (κ2) is 6.05. The minimum atomic E-state index is -0.565. The summed E-state index contributed by atoms with van der Waals surface area (Å²) in [6, 6.07) is 6.73. The number of aliphatic hydroxyl groups is 1. The standard InChI is InChI=1S/C15H19N3O3/c1-10-15(12(3)19)11(2)17(16-10)9-8-13-6-4-5-7-14(13)18(20)21/h4-7,12,19H,8-9H2,1-3H3. The van der Waals surface area contributed by atoms with Crippen molar-refractivity contribution in [3.63, 3.8) is 0 Å². The number of aromatic nitrogens is 2. The Kier molecular flexibility index (Phi) is 4.37. The minimum absolute atomic E-state index is 0.134. The fraction of sp³-hybridized carbons (Fsp3) is 0.400. The smallest absolute Gasteiger partial charge is 0.272 e. The number of nitro groups is 1. The van der Waals surface area contributed by atoms with E-state index in [9.17, 15) is 15.2 Å². The highest BCUT2D eigenvalue weighted by molar-refractivity contribution is 5.39. The number of rotatable bonds is 5. The summed E-state index contributed by atoms with van der Waals surface area (Å²) in [6.45, 7) is 6.02. The van der Waals surface area contributed by atoms with E-state index in [1.807, 2.05) is 13.8 Å². The molecule has 1 atom stereocenters. The molecule has 0 spiro atoms. The average Bonchev–Trinajstić information content (AvgIpc) is 2.71. The molecule has 21 heavy (non-hydrogen) atoms. The maximum absolute atomic E-state index is 11.0. The van der Waals surface area contributed by atoms with E-state index in [0.29, 0.717) is 18.5 Å². The quantitative estimate of drug-likeness (QED) is 0.677. The number of benzene rings is 1. The lowest BCUT2D eigenvalue weighted by molar-refractivity contribution is -0.385. The van der Waals surface area contributed by atoms with Gasteiger partial charge in [0.25, 0.3) is 5.69 Å². The van der Waals surface area contributed by atoms with Crippen molar-refractivity contribution in [1.29, 1.82) is 0 Å². The maximum Gasteiger partial charge on any atom is 0.272 e. The van der Waals surface area contributed by atoms with Crippen molar-refractivity contribution in [3.8, 4) is 0 Å². The van der Waals surface area contributed by atoms with E-state index in [2.05, 4.69) is 5.10 Å². The average molecular weight is 289 g/mol. The Morgan fingerprint density at radius 1 is 1.38 bits per heavy atom. The Hall–Kier alpha value is -2.21. The molecule has 1 aromatic heterocycles. The number of nitrogens with zero attached hydrogens (tertiary/aromatic N) is 3. The Morgan fingerprint density at radius 2 is 2.05 bits per heavy atom. The van der Waals surface area contributed by atoms with Crippen LogP contribution in [0.25, 0.3) is 0 Å². The molecular formula is C15H19N3O3. The third kappa shape index (κ3) is 3.11. The van der Waals surface area contributed by atoms with Crippen molar-refractivity contribution in [2.45, 2.75) is 39.8 Å². The zero-order chi connectivity index (χ0) is 15.6. The highest BCUT2D eigenvalue weighted by Gasteiger charge is 2.17. The van der Waals surface area contributed by atoms with E-state index in [4.69, 9.17) is 0 Å². The number of para-hydroxylation sites is 1. The van der Waals surface area contributed by atoms with Gasteiger partial charge in [0.2, 0.25) is 0 Å². The molecule has 1 heterocycles. The van der Waals surface area contributed by atoms with Crippen LogP contribution in [0.15, 0.2) is 24.3 Å². The normalized spacial score (nSPS) is 12.4. The number of aryl methyl sites for hydroxylation is 3. The third-order valence-corrected chi connectivity index (χ3v) is 3.64. The van der Waals surface area contributed by atoms with Crippen LogP contribution in [0.2, 0.25) is 0 Å². The van der Waals surface area contributed by atoms with Crippen molar-refractivity contribution >= 4 is 5.69 Å². The van der Waals surface area contributed by atoms with E-state index in [1.165, 1.54) is 6.07 Å². The van der Waals surface area contributed by atoms with Crippen LogP contribution in [0, 0.1) is 24.0 Å². The first-order valence-electron chi connectivity index (χ1n) is 6.86. The molecule has 0 fully saturated rings. The zero-order valence-electron chi connectivity index (χ0n) is 12.4. The lowest BCUT2D eigenvalue weighted by atomic mass is 10.1. The zero-order valence-corrected chi connectivity index (χ0v) is 12.4. The molecule has 2 rings (SSSR count). The predicted octanol–water partition coefficient (Wildman–Crippen LogP) is 2.70. The van der Waals surface area contributed by atoms with Crippen LogP contribution >= 0.6 is 0 Å². The highest BCUT2D eigenvalue weighted by Crippen LogP contribution is 2.22. The molecule has 0 saturated carbocycles. The topological polar surface area (TPSA) is 81.2 Å². The fourth-order valence-corrected chi connectivity index (χ4v) is 2.66. The first-order chi connectivity index (χ1) is 9.91. The fourth-order valence-electron chi connectivity index (χ4n) is 2.66. The molecular weight excluding hydrogens is 270 g/mol. The number of nitro benzene ring substituents is 1. The van der Waals surface area contributed by atoms with Crippen molar-refractivity contribution in [2.75, 3.05) is 0 Å². The molecule has 1 aromatic carbocycles. The van der Waals surface area contributed by atoms with Crippen LogP contribution in [-0.4, -0.2) is 19.8 Å². The van der Waals surface area contributed by atoms with Gasteiger partial charge in [0.1, 0.15) is 0 Å². The van der Waals surface area contributed by atoms with Gasteiger partial charge in [-0.25, -0.2) is 0 Å². The SMILES string of the molecule is Cc1nn(CCc2ccccc2[N+](=O)[O-])c(C)c1C(C)O. The number of hydrogen-bond donors (Lipinski definition) is 1. The van der Waals surface area contributed by atoms with Gasteiger partial charge >= 0.3 is 0 Å². The highest BCUT2D eigenvalue weighted by atomic mass is 16.6. The summed E-state index contributed by atoms with van der Waals surface area (Å²) in [5.41, 5.74) is 3.35. The van der Waals surface area contributed by atoms with Gasteiger partial charge in [0.15, 0.2) is 0 Å². The lowest BCUT2D eigenvalue weighted by Gasteiger charge is -2.07. The number of aliphatic hydroxyl groups excluding tert-OH is 1.